The second-order valence-electron chi connectivity index (χ2n) is 5.02. The van der Waals surface area contributed by atoms with Crippen LogP contribution in [-0.2, 0) is 6.54 Å². The summed E-state index contributed by atoms with van der Waals surface area (Å²) in [7, 11) is 0. The Kier molecular flexibility index (Phi) is 4.59. The standard InChI is InChI=1S/C12H16ClF2N3O2/c13-9-4-17-18(5-8-2-1-3-8)11(20)10(9)16-6-12(14,15)7-19/h4,8,16,19H,1-3,5-7H2. The Morgan fingerprint density at radius 3 is 2.80 bits per heavy atom. The third kappa shape index (κ3) is 3.46. The van der Waals surface area contributed by atoms with Crippen LogP contribution in [0.1, 0.15) is 19.3 Å². The maximum atomic E-state index is 13.0. The minimum atomic E-state index is -3.31. The number of nitrogens with one attached hydrogen (secondary N) is 1. The molecule has 20 heavy (non-hydrogen) atoms. The summed E-state index contributed by atoms with van der Waals surface area (Å²) in [4.78, 5) is 12.1. The Labute approximate surface area is 119 Å². The highest BCUT2D eigenvalue weighted by atomic mass is 35.5. The molecule has 0 saturated heterocycles. The molecule has 8 heteroatoms. The smallest absolute Gasteiger partial charge is 0.291 e. The van der Waals surface area contributed by atoms with Crippen LogP contribution in [0.3, 0.4) is 0 Å². The Bertz CT molecular complexity index is 532. The number of aliphatic hydroxyl groups is 1. The van der Waals surface area contributed by atoms with Gasteiger partial charge >= 0.3 is 0 Å². The van der Waals surface area contributed by atoms with Gasteiger partial charge in [-0.3, -0.25) is 4.79 Å². The van der Waals surface area contributed by atoms with Crippen molar-refractivity contribution in [3.63, 3.8) is 0 Å². The van der Waals surface area contributed by atoms with Crippen LogP contribution in [0.4, 0.5) is 14.5 Å². The van der Waals surface area contributed by atoms with E-state index in [1.54, 1.807) is 0 Å². The summed E-state index contributed by atoms with van der Waals surface area (Å²) in [6.07, 6.45) is 4.49. The summed E-state index contributed by atoms with van der Waals surface area (Å²) in [6.45, 7) is -1.67. The molecule has 0 atom stereocenters. The van der Waals surface area contributed by atoms with Gasteiger partial charge in [0.15, 0.2) is 0 Å². The molecule has 0 amide bonds. The van der Waals surface area contributed by atoms with Crippen molar-refractivity contribution in [2.24, 2.45) is 5.92 Å². The molecule has 0 bridgehead atoms. The third-order valence-electron chi connectivity index (χ3n) is 3.41. The van der Waals surface area contributed by atoms with Crippen molar-refractivity contribution in [1.29, 1.82) is 0 Å². The Balaban J connectivity index is 2.14. The normalized spacial score (nSPS) is 16.0. The van der Waals surface area contributed by atoms with Gasteiger partial charge in [0.25, 0.3) is 11.5 Å². The Hall–Kier alpha value is -1.21. The first kappa shape index (κ1) is 15.2. The molecule has 2 rings (SSSR count). The van der Waals surface area contributed by atoms with E-state index in [0.717, 1.165) is 19.3 Å². The van der Waals surface area contributed by atoms with Crippen molar-refractivity contribution < 1.29 is 13.9 Å². The van der Waals surface area contributed by atoms with Crippen LogP contribution in [0.5, 0.6) is 0 Å². The van der Waals surface area contributed by atoms with Crippen LogP contribution < -0.4 is 10.9 Å². The summed E-state index contributed by atoms with van der Waals surface area (Å²) >= 11 is 5.81. The minimum Gasteiger partial charge on any atom is -0.390 e. The topological polar surface area (TPSA) is 67.2 Å². The number of hydrogen-bond acceptors (Lipinski definition) is 4. The Morgan fingerprint density at radius 1 is 1.55 bits per heavy atom. The molecule has 5 nitrogen and oxygen atoms in total. The second kappa shape index (κ2) is 6.05. The molecule has 0 radical (unpaired) electrons. The van der Waals surface area contributed by atoms with Gasteiger partial charge in [-0.05, 0) is 18.8 Å². The summed E-state index contributed by atoms with van der Waals surface area (Å²) in [5, 5.41) is 14.7. The van der Waals surface area contributed by atoms with Gasteiger partial charge in [-0.1, -0.05) is 18.0 Å². The number of nitrogens with zero attached hydrogens (tertiary/aromatic N) is 2. The summed E-state index contributed by atoms with van der Waals surface area (Å²) in [5.41, 5.74) is -0.618. The van der Waals surface area contributed by atoms with Gasteiger partial charge in [-0.25, -0.2) is 13.5 Å². The molecule has 0 aromatic carbocycles. The highest BCUT2D eigenvalue weighted by molar-refractivity contribution is 6.32. The van der Waals surface area contributed by atoms with Crippen LogP contribution in [0.25, 0.3) is 0 Å². The molecule has 0 unspecified atom stereocenters. The van der Waals surface area contributed by atoms with E-state index in [0.29, 0.717) is 12.5 Å². The highest BCUT2D eigenvalue weighted by Crippen LogP contribution is 2.27. The maximum absolute atomic E-state index is 13.0. The van der Waals surface area contributed by atoms with Crippen molar-refractivity contribution in [1.82, 2.24) is 9.78 Å². The monoisotopic (exact) mass is 307 g/mol. The van der Waals surface area contributed by atoms with Gasteiger partial charge < -0.3 is 10.4 Å². The van der Waals surface area contributed by atoms with Crippen LogP contribution in [0, 0.1) is 5.92 Å². The molecule has 0 aliphatic heterocycles. The molecule has 1 fully saturated rings. The lowest BCUT2D eigenvalue weighted by Gasteiger charge is -2.25. The molecular weight excluding hydrogens is 292 g/mol. The molecular formula is C12H16ClF2N3O2. The van der Waals surface area contributed by atoms with E-state index in [1.807, 2.05) is 0 Å². The molecule has 112 valence electrons. The molecule has 1 aliphatic rings. The molecule has 1 aliphatic carbocycles. The first-order valence-corrected chi connectivity index (χ1v) is 6.79. The van der Waals surface area contributed by atoms with E-state index < -0.39 is 24.6 Å². The van der Waals surface area contributed by atoms with E-state index in [-0.39, 0.29) is 10.7 Å². The average molecular weight is 308 g/mol. The predicted octanol–water partition coefficient (Wildman–Crippen LogP) is 1.74. The van der Waals surface area contributed by atoms with Gasteiger partial charge in [-0.2, -0.15) is 5.10 Å². The van der Waals surface area contributed by atoms with E-state index in [4.69, 9.17) is 16.7 Å². The number of aromatic nitrogens is 2. The van der Waals surface area contributed by atoms with Gasteiger partial charge in [0.1, 0.15) is 12.3 Å². The number of anilines is 1. The fourth-order valence-corrected chi connectivity index (χ4v) is 2.14. The van der Waals surface area contributed by atoms with E-state index in [9.17, 15) is 13.6 Å². The zero-order chi connectivity index (χ0) is 14.8. The van der Waals surface area contributed by atoms with Crippen LogP contribution >= 0.6 is 11.6 Å². The second-order valence-corrected chi connectivity index (χ2v) is 5.43. The van der Waals surface area contributed by atoms with Crippen LogP contribution in [-0.4, -0.2) is 34.0 Å². The SMILES string of the molecule is O=c1c(NCC(F)(F)CO)c(Cl)cnn1CC1CCC1. The fraction of sp³-hybridized carbons (Fsp3) is 0.667. The van der Waals surface area contributed by atoms with E-state index in [2.05, 4.69) is 10.4 Å². The molecule has 1 saturated carbocycles. The third-order valence-corrected chi connectivity index (χ3v) is 3.70. The lowest BCUT2D eigenvalue weighted by molar-refractivity contribution is -0.0373. The maximum Gasteiger partial charge on any atom is 0.291 e. The van der Waals surface area contributed by atoms with Crippen molar-refractivity contribution in [2.45, 2.75) is 31.7 Å². The van der Waals surface area contributed by atoms with Gasteiger partial charge in [-0.15, -0.1) is 0 Å². The van der Waals surface area contributed by atoms with Crippen molar-refractivity contribution in [2.75, 3.05) is 18.5 Å². The number of halogens is 3. The predicted molar refractivity (Wildman–Crippen MR) is 71.4 cm³/mol. The van der Waals surface area contributed by atoms with Gasteiger partial charge in [0.2, 0.25) is 0 Å². The van der Waals surface area contributed by atoms with E-state index in [1.165, 1.54) is 10.9 Å². The van der Waals surface area contributed by atoms with Gasteiger partial charge in [0, 0.05) is 6.54 Å². The van der Waals surface area contributed by atoms with Crippen LogP contribution in [0.15, 0.2) is 11.0 Å². The first-order valence-electron chi connectivity index (χ1n) is 6.41. The lowest BCUT2D eigenvalue weighted by Crippen LogP contribution is -2.35. The summed E-state index contributed by atoms with van der Waals surface area (Å²) < 4.78 is 27.2. The van der Waals surface area contributed by atoms with Crippen molar-refractivity contribution >= 4 is 17.3 Å². The zero-order valence-electron chi connectivity index (χ0n) is 10.8. The number of alkyl halides is 2. The quantitative estimate of drug-likeness (QED) is 0.840. The fourth-order valence-electron chi connectivity index (χ4n) is 1.95. The first-order chi connectivity index (χ1) is 9.43. The zero-order valence-corrected chi connectivity index (χ0v) is 11.5. The van der Waals surface area contributed by atoms with Crippen LogP contribution in [0.2, 0.25) is 5.02 Å². The molecule has 1 heterocycles. The average Bonchev–Trinajstić information content (AvgIpc) is 2.35. The van der Waals surface area contributed by atoms with E-state index >= 15 is 0 Å². The summed E-state index contributed by atoms with van der Waals surface area (Å²) in [6, 6.07) is 0. The number of aliphatic hydroxyl groups excluding tert-OH is 1. The number of hydrogen-bond donors (Lipinski definition) is 2. The molecule has 1 aromatic heterocycles. The van der Waals surface area contributed by atoms with Crippen molar-refractivity contribution in [3.8, 4) is 0 Å². The van der Waals surface area contributed by atoms with Gasteiger partial charge in [0.05, 0.1) is 17.8 Å². The highest BCUT2D eigenvalue weighted by Gasteiger charge is 2.28. The number of rotatable bonds is 6. The summed E-state index contributed by atoms with van der Waals surface area (Å²) in [5.74, 6) is -2.90. The van der Waals surface area contributed by atoms with Crippen molar-refractivity contribution in [3.05, 3.63) is 21.6 Å². The lowest BCUT2D eigenvalue weighted by atomic mass is 9.85. The molecule has 1 aromatic rings. The largest absolute Gasteiger partial charge is 0.390 e. The molecule has 0 spiro atoms. The minimum absolute atomic E-state index is 0.00593. The molecule has 2 N–H and O–H groups in total. The Morgan fingerprint density at radius 2 is 2.25 bits per heavy atom.